The molecule has 0 aliphatic carbocycles. The lowest BCUT2D eigenvalue weighted by Crippen LogP contribution is -1.82. The third kappa shape index (κ3) is 2.86. The number of pyridine rings is 1. The van der Waals surface area contributed by atoms with Gasteiger partial charge in [-0.15, -0.1) is 11.3 Å². The Morgan fingerprint density at radius 3 is 2.95 bits per heavy atom. The number of rotatable bonds is 2. The number of nitrogens with zero attached hydrogens (tertiary/aromatic N) is 2. The van der Waals surface area contributed by atoms with E-state index in [1.165, 1.54) is 11.8 Å². The first kappa shape index (κ1) is 13.2. The topological polar surface area (TPSA) is 51.8 Å². The molecule has 2 N–H and O–H groups in total. The summed E-state index contributed by atoms with van der Waals surface area (Å²) in [6.45, 7) is 0. The number of anilines is 1. The van der Waals surface area contributed by atoms with Gasteiger partial charge in [-0.25, -0.2) is 9.97 Å². The van der Waals surface area contributed by atoms with Crippen LogP contribution in [0.1, 0.15) is 0 Å². The van der Waals surface area contributed by atoms with Gasteiger partial charge in [-0.3, -0.25) is 0 Å². The molecular weight excluding hydrogens is 366 g/mol. The van der Waals surface area contributed by atoms with Crippen molar-refractivity contribution in [2.24, 2.45) is 0 Å². The zero-order valence-corrected chi connectivity index (χ0v) is 13.4. The summed E-state index contributed by atoms with van der Waals surface area (Å²) in [6.07, 6.45) is 1.72. The Morgan fingerprint density at radius 2 is 2.16 bits per heavy atom. The SMILES string of the molecule is Nc1ccc2nc(Sc3ncc(Br)cc3Cl)sc2c1. The van der Waals surface area contributed by atoms with Crippen molar-refractivity contribution < 1.29 is 0 Å². The molecule has 0 amide bonds. The van der Waals surface area contributed by atoms with E-state index in [2.05, 4.69) is 25.9 Å². The predicted molar refractivity (Wildman–Crippen MR) is 85.1 cm³/mol. The molecule has 0 saturated heterocycles. The summed E-state index contributed by atoms with van der Waals surface area (Å²) in [5.41, 5.74) is 7.44. The first-order valence-electron chi connectivity index (χ1n) is 5.27. The van der Waals surface area contributed by atoms with Crippen LogP contribution in [0, 0.1) is 0 Å². The third-order valence-corrected chi connectivity index (χ3v) is 5.28. The zero-order chi connectivity index (χ0) is 13.4. The van der Waals surface area contributed by atoms with Gasteiger partial charge in [-0.2, -0.15) is 0 Å². The maximum atomic E-state index is 6.15. The zero-order valence-electron chi connectivity index (χ0n) is 9.43. The molecule has 0 radical (unpaired) electrons. The van der Waals surface area contributed by atoms with E-state index in [-0.39, 0.29) is 0 Å². The van der Waals surface area contributed by atoms with Crippen LogP contribution in [0.15, 0.2) is 44.3 Å². The van der Waals surface area contributed by atoms with Crippen LogP contribution in [0.3, 0.4) is 0 Å². The third-order valence-electron chi connectivity index (χ3n) is 2.35. The quantitative estimate of drug-likeness (QED) is 0.654. The van der Waals surface area contributed by atoms with Crippen molar-refractivity contribution in [3.05, 3.63) is 40.0 Å². The molecular formula is C12H7BrClN3S2. The number of benzene rings is 1. The second-order valence-electron chi connectivity index (χ2n) is 3.75. The van der Waals surface area contributed by atoms with Crippen LogP contribution in [0.5, 0.6) is 0 Å². The molecule has 7 heteroatoms. The first-order chi connectivity index (χ1) is 9.11. The lowest BCUT2D eigenvalue weighted by molar-refractivity contribution is 1.12. The second kappa shape index (κ2) is 5.28. The molecule has 1 aromatic carbocycles. The van der Waals surface area contributed by atoms with Crippen molar-refractivity contribution in [3.63, 3.8) is 0 Å². The Morgan fingerprint density at radius 1 is 1.32 bits per heavy atom. The van der Waals surface area contributed by atoms with Gasteiger partial charge in [0, 0.05) is 16.4 Å². The van der Waals surface area contributed by atoms with E-state index in [4.69, 9.17) is 17.3 Å². The highest BCUT2D eigenvalue weighted by atomic mass is 79.9. The molecule has 96 valence electrons. The van der Waals surface area contributed by atoms with Gasteiger partial charge < -0.3 is 5.73 Å². The van der Waals surface area contributed by atoms with E-state index in [9.17, 15) is 0 Å². The van der Waals surface area contributed by atoms with E-state index >= 15 is 0 Å². The minimum absolute atomic E-state index is 0.609. The normalized spacial score (nSPS) is 11.1. The smallest absolute Gasteiger partial charge is 0.157 e. The van der Waals surface area contributed by atoms with Gasteiger partial charge in [-0.05, 0) is 52.0 Å². The van der Waals surface area contributed by atoms with E-state index in [0.29, 0.717) is 5.02 Å². The van der Waals surface area contributed by atoms with Crippen LogP contribution in [0.25, 0.3) is 10.2 Å². The molecule has 0 unspecified atom stereocenters. The van der Waals surface area contributed by atoms with Gasteiger partial charge in [0.2, 0.25) is 0 Å². The molecule has 0 bridgehead atoms. The Labute approximate surface area is 131 Å². The summed E-state index contributed by atoms with van der Waals surface area (Å²) in [5.74, 6) is 0. The number of nitrogen functional groups attached to an aromatic ring is 1. The fraction of sp³-hybridized carbons (Fsp3) is 0. The Kier molecular flexibility index (Phi) is 3.66. The minimum atomic E-state index is 0.609. The van der Waals surface area contributed by atoms with Crippen molar-refractivity contribution in [2.75, 3.05) is 5.73 Å². The second-order valence-corrected chi connectivity index (χ2v) is 7.34. The number of thiazole rings is 1. The molecule has 19 heavy (non-hydrogen) atoms. The van der Waals surface area contributed by atoms with Gasteiger partial charge in [0.05, 0.1) is 15.2 Å². The Hall–Kier alpha value is -0.820. The van der Waals surface area contributed by atoms with Crippen molar-refractivity contribution in [1.82, 2.24) is 9.97 Å². The van der Waals surface area contributed by atoms with E-state index in [1.807, 2.05) is 24.3 Å². The standard InChI is InChI=1S/C12H7BrClN3S2/c13-6-3-8(14)11(16-5-6)19-12-17-9-2-1-7(15)4-10(9)18-12/h1-5H,15H2. The molecule has 0 fully saturated rings. The number of hydrogen-bond donors (Lipinski definition) is 1. The fourth-order valence-electron chi connectivity index (χ4n) is 1.52. The average Bonchev–Trinajstić information content (AvgIpc) is 2.74. The summed E-state index contributed by atoms with van der Waals surface area (Å²) in [6, 6.07) is 7.51. The van der Waals surface area contributed by atoms with Crippen LogP contribution < -0.4 is 5.73 Å². The van der Waals surface area contributed by atoms with Crippen molar-refractivity contribution in [3.8, 4) is 0 Å². The molecule has 0 atom stereocenters. The molecule has 2 aromatic heterocycles. The maximum absolute atomic E-state index is 6.15. The molecule has 3 aromatic rings. The minimum Gasteiger partial charge on any atom is -0.399 e. The van der Waals surface area contributed by atoms with E-state index < -0.39 is 0 Å². The number of hydrogen-bond acceptors (Lipinski definition) is 5. The van der Waals surface area contributed by atoms with Crippen LogP contribution in [0.2, 0.25) is 5.02 Å². The van der Waals surface area contributed by atoms with Crippen LogP contribution in [-0.4, -0.2) is 9.97 Å². The Balaban J connectivity index is 1.96. The largest absolute Gasteiger partial charge is 0.399 e. The van der Waals surface area contributed by atoms with Crippen molar-refractivity contribution in [2.45, 2.75) is 9.37 Å². The van der Waals surface area contributed by atoms with Gasteiger partial charge in [0.1, 0.15) is 5.03 Å². The number of fused-ring (bicyclic) bond motifs is 1. The molecule has 2 heterocycles. The lowest BCUT2D eigenvalue weighted by atomic mass is 10.3. The maximum Gasteiger partial charge on any atom is 0.157 e. The molecule has 0 aliphatic heterocycles. The summed E-state index contributed by atoms with van der Waals surface area (Å²) < 4.78 is 2.83. The van der Waals surface area contributed by atoms with E-state index in [1.54, 1.807) is 17.5 Å². The molecule has 3 nitrogen and oxygen atoms in total. The predicted octanol–water partition coefficient (Wildman–Crippen LogP) is 4.84. The summed E-state index contributed by atoms with van der Waals surface area (Å²) in [5, 5.41) is 1.36. The van der Waals surface area contributed by atoms with Gasteiger partial charge >= 0.3 is 0 Å². The molecule has 0 spiro atoms. The number of halogens is 2. The highest BCUT2D eigenvalue weighted by Gasteiger charge is 2.10. The van der Waals surface area contributed by atoms with Crippen LogP contribution in [0.4, 0.5) is 5.69 Å². The fourth-order valence-corrected chi connectivity index (χ4v) is 4.26. The highest BCUT2D eigenvalue weighted by molar-refractivity contribution is 9.10. The summed E-state index contributed by atoms with van der Waals surface area (Å²) >= 11 is 12.5. The van der Waals surface area contributed by atoms with Gasteiger partial charge in [0.15, 0.2) is 4.34 Å². The summed E-state index contributed by atoms with van der Waals surface area (Å²) in [7, 11) is 0. The highest BCUT2D eigenvalue weighted by Crippen LogP contribution is 2.37. The number of nitrogens with two attached hydrogens (primary N) is 1. The lowest BCUT2D eigenvalue weighted by Gasteiger charge is -1.99. The van der Waals surface area contributed by atoms with Crippen molar-refractivity contribution >= 4 is 66.5 Å². The number of aromatic nitrogens is 2. The molecule has 0 aliphatic rings. The van der Waals surface area contributed by atoms with Crippen LogP contribution in [-0.2, 0) is 0 Å². The van der Waals surface area contributed by atoms with Crippen LogP contribution >= 0.6 is 50.6 Å². The van der Waals surface area contributed by atoms with Crippen molar-refractivity contribution in [1.29, 1.82) is 0 Å². The average molecular weight is 373 g/mol. The Bertz CT molecular complexity index is 760. The van der Waals surface area contributed by atoms with Gasteiger partial charge in [-0.1, -0.05) is 11.6 Å². The van der Waals surface area contributed by atoms with Gasteiger partial charge in [0.25, 0.3) is 0 Å². The van der Waals surface area contributed by atoms with E-state index in [0.717, 1.165) is 29.7 Å². The molecule has 3 rings (SSSR count). The monoisotopic (exact) mass is 371 g/mol. The first-order valence-corrected chi connectivity index (χ1v) is 8.07. The molecule has 0 saturated carbocycles. The summed E-state index contributed by atoms with van der Waals surface area (Å²) in [4.78, 5) is 8.82.